The summed E-state index contributed by atoms with van der Waals surface area (Å²) in [5.41, 5.74) is 2.03. The van der Waals surface area contributed by atoms with Crippen LogP contribution in [0, 0.1) is 13.8 Å². The van der Waals surface area contributed by atoms with Crippen molar-refractivity contribution >= 4 is 21.8 Å². The molecular formula is C17H25N5O2S. The van der Waals surface area contributed by atoms with Crippen molar-refractivity contribution in [3.05, 3.63) is 41.6 Å². The number of nitrogens with one attached hydrogen (secondary N) is 2. The fourth-order valence-corrected chi connectivity index (χ4v) is 3.34. The number of aryl methyl sites for hydroxylation is 2. The Bertz CT molecular complexity index is 804. The summed E-state index contributed by atoms with van der Waals surface area (Å²) in [5.74, 6) is 1.40. The minimum atomic E-state index is -3.46. The second-order valence-electron chi connectivity index (χ2n) is 6.09. The zero-order chi connectivity index (χ0) is 18.4. The highest BCUT2D eigenvalue weighted by atomic mass is 32.2. The van der Waals surface area contributed by atoms with Crippen molar-refractivity contribution in [2.24, 2.45) is 0 Å². The van der Waals surface area contributed by atoms with Crippen LogP contribution in [0.2, 0.25) is 0 Å². The minimum Gasteiger partial charge on any atom is -0.362 e. The molecule has 0 radical (unpaired) electrons. The van der Waals surface area contributed by atoms with Gasteiger partial charge in [0.15, 0.2) is 0 Å². The first kappa shape index (κ1) is 19.1. The van der Waals surface area contributed by atoms with Gasteiger partial charge in [-0.25, -0.2) is 18.1 Å². The summed E-state index contributed by atoms with van der Waals surface area (Å²) >= 11 is 0. The Hall–Kier alpha value is -2.19. The standard InChI is InChI=1S/C17H25N5O2S/c1-13-6-8-15(9-7-13)25(23,24)20-11-5-10-18-17-19-12-14(2)16(21-17)22(3)4/h6-9,12,20H,5,10-11H2,1-4H3,(H,18,19,21). The van der Waals surface area contributed by atoms with Crippen molar-refractivity contribution in [2.75, 3.05) is 37.4 Å². The van der Waals surface area contributed by atoms with Crippen LogP contribution in [0.5, 0.6) is 0 Å². The highest BCUT2D eigenvalue weighted by Gasteiger charge is 2.12. The van der Waals surface area contributed by atoms with E-state index in [0.717, 1.165) is 16.9 Å². The highest BCUT2D eigenvalue weighted by molar-refractivity contribution is 7.89. The number of rotatable bonds is 8. The van der Waals surface area contributed by atoms with Crippen LogP contribution in [0.3, 0.4) is 0 Å². The molecule has 0 aliphatic carbocycles. The highest BCUT2D eigenvalue weighted by Crippen LogP contribution is 2.15. The lowest BCUT2D eigenvalue weighted by molar-refractivity contribution is 0.580. The minimum absolute atomic E-state index is 0.281. The molecule has 1 heterocycles. The molecule has 0 fully saturated rings. The molecule has 0 bridgehead atoms. The molecule has 0 aliphatic rings. The lowest BCUT2D eigenvalue weighted by Gasteiger charge is -2.15. The summed E-state index contributed by atoms with van der Waals surface area (Å²) in [6.07, 6.45) is 2.39. The molecule has 8 heteroatoms. The topological polar surface area (TPSA) is 87.2 Å². The summed E-state index contributed by atoms with van der Waals surface area (Å²) in [7, 11) is 0.398. The van der Waals surface area contributed by atoms with Crippen molar-refractivity contribution in [2.45, 2.75) is 25.2 Å². The summed E-state index contributed by atoms with van der Waals surface area (Å²) in [5, 5.41) is 3.12. The maximum Gasteiger partial charge on any atom is 0.240 e. The molecule has 2 rings (SSSR count). The van der Waals surface area contributed by atoms with E-state index in [1.165, 1.54) is 0 Å². The smallest absolute Gasteiger partial charge is 0.240 e. The molecule has 0 unspecified atom stereocenters. The molecule has 1 aromatic heterocycles. The van der Waals surface area contributed by atoms with Crippen molar-refractivity contribution in [3.8, 4) is 0 Å². The zero-order valence-electron chi connectivity index (χ0n) is 15.1. The first-order valence-electron chi connectivity index (χ1n) is 8.11. The number of aromatic nitrogens is 2. The number of benzene rings is 1. The quantitative estimate of drug-likeness (QED) is 0.697. The van der Waals surface area contributed by atoms with Gasteiger partial charge >= 0.3 is 0 Å². The van der Waals surface area contributed by atoms with Gasteiger partial charge in [0, 0.05) is 38.9 Å². The van der Waals surface area contributed by atoms with Gasteiger partial charge in [-0.15, -0.1) is 0 Å². The predicted molar refractivity (Wildman–Crippen MR) is 101 cm³/mol. The first-order chi connectivity index (χ1) is 11.8. The average Bonchev–Trinajstić information content (AvgIpc) is 2.56. The van der Waals surface area contributed by atoms with Crippen LogP contribution < -0.4 is 14.9 Å². The fourth-order valence-electron chi connectivity index (χ4n) is 2.27. The van der Waals surface area contributed by atoms with Crippen LogP contribution in [0.1, 0.15) is 17.5 Å². The molecule has 0 amide bonds. The molecule has 25 heavy (non-hydrogen) atoms. The van der Waals surface area contributed by atoms with E-state index in [9.17, 15) is 8.42 Å². The Morgan fingerprint density at radius 1 is 1.08 bits per heavy atom. The van der Waals surface area contributed by atoms with Crippen LogP contribution in [0.25, 0.3) is 0 Å². The van der Waals surface area contributed by atoms with Gasteiger partial charge in [-0.05, 0) is 32.4 Å². The van der Waals surface area contributed by atoms with Gasteiger partial charge in [0.2, 0.25) is 16.0 Å². The van der Waals surface area contributed by atoms with Crippen molar-refractivity contribution < 1.29 is 8.42 Å². The van der Waals surface area contributed by atoms with Crippen LogP contribution in [-0.2, 0) is 10.0 Å². The van der Waals surface area contributed by atoms with Gasteiger partial charge in [-0.3, -0.25) is 0 Å². The van der Waals surface area contributed by atoms with Crippen molar-refractivity contribution in [1.29, 1.82) is 0 Å². The molecule has 1 aromatic carbocycles. The Morgan fingerprint density at radius 2 is 1.76 bits per heavy atom. The number of nitrogens with zero attached hydrogens (tertiary/aromatic N) is 3. The fraction of sp³-hybridized carbons (Fsp3) is 0.412. The van der Waals surface area contributed by atoms with E-state index in [1.807, 2.05) is 32.8 Å². The van der Waals surface area contributed by atoms with Crippen LogP contribution in [0.4, 0.5) is 11.8 Å². The molecular weight excluding hydrogens is 338 g/mol. The third kappa shape index (κ3) is 5.40. The number of hydrogen-bond donors (Lipinski definition) is 2. The van der Waals surface area contributed by atoms with Crippen molar-refractivity contribution in [3.63, 3.8) is 0 Å². The third-order valence-electron chi connectivity index (χ3n) is 3.63. The number of hydrogen-bond acceptors (Lipinski definition) is 6. The van der Waals surface area contributed by atoms with E-state index in [4.69, 9.17) is 0 Å². The molecule has 7 nitrogen and oxygen atoms in total. The second kappa shape index (κ2) is 8.26. The monoisotopic (exact) mass is 363 g/mol. The van der Waals surface area contributed by atoms with Gasteiger partial charge in [0.1, 0.15) is 5.82 Å². The van der Waals surface area contributed by atoms with Gasteiger partial charge in [-0.2, -0.15) is 4.98 Å². The lowest BCUT2D eigenvalue weighted by Crippen LogP contribution is -2.26. The van der Waals surface area contributed by atoms with Crippen LogP contribution in [-0.4, -0.2) is 45.6 Å². The Labute approximate surface area is 149 Å². The maximum absolute atomic E-state index is 12.2. The van der Waals surface area contributed by atoms with Gasteiger partial charge in [0.05, 0.1) is 4.90 Å². The van der Waals surface area contributed by atoms with Gasteiger partial charge in [0.25, 0.3) is 0 Å². The van der Waals surface area contributed by atoms with E-state index >= 15 is 0 Å². The van der Waals surface area contributed by atoms with E-state index in [1.54, 1.807) is 30.5 Å². The van der Waals surface area contributed by atoms with E-state index in [2.05, 4.69) is 20.0 Å². The van der Waals surface area contributed by atoms with E-state index < -0.39 is 10.0 Å². The molecule has 136 valence electrons. The maximum atomic E-state index is 12.2. The number of anilines is 2. The average molecular weight is 363 g/mol. The Balaban J connectivity index is 1.82. The summed E-state index contributed by atoms with van der Waals surface area (Å²) in [4.78, 5) is 10.9. The number of sulfonamides is 1. The molecule has 0 aliphatic heterocycles. The van der Waals surface area contributed by atoms with E-state index in [0.29, 0.717) is 25.5 Å². The van der Waals surface area contributed by atoms with Crippen molar-refractivity contribution in [1.82, 2.24) is 14.7 Å². The summed E-state index contributed by atoms with van der Waals surface area (Å²) in [6.45, 7) is 4.80. The van der Waals surface area contributed by atoms with Gasteiger partial charge in [-0.1, -0.05) is 17.7 Å². The zero-order valence-corrected chi connectivity index (χ0v) is 15.9. The first-order valence-corrected chi connectivity index (χ1v) is 9.59. The Morgan fingerprint density at radius 3 is 2.40 bits per heavy atom. The largest absolute Gasteiger partial charge is 0.362 e. The normalized spacial score (nSPS) is 11.4. The second-order valence-corrected chi connectivity index (χ2v) is 7.85. The van der Waals surface area contributed by atoms with E-state index in [-0.39, 0.29) is 4.90 Å². The summed E-state index contributed by atoms with van der Waals surface area (Å²) < 4.78 is 26.9. The summed E-state index contributed by atoms with van der Waals surface area (Å²) in [6, 6.07) is 6.79. The SMILES string of the molecule is Cc1ccc(S(=O)(=O)NCCCNc2ncc(C)c(N(C)C)n2)cc1. The molecule has 0 saturated heterocycles. The molecule has 0 saturated carbocycles. The predicted octanol–water partition coefficient (Wildman–Crippen LogP) is 1.94. The van der Waals surface area contributed by atoms with Gasteiger partial charge < -0.3 is 10.2 Å². The lowest BCUT2D eigenvalue weighted by atomic mass is 10.2. The van der Waals surface area contributed by atoms with Crippen LogP contribution >= 0.6 is 0 Å². The molecule has 0 atom stereocenters. The van der Waals surface area contributed by atoms with Crippen LogP contribution in [0.15, 0.2) is 35.4 Å². The Kier molecular flexibility index (Phi) is 6.33. The molecule has 2 N–H and O–H groups in total. The molecule has 0 spiro atoms. The molecule has 2 aromatic rings. The third-order valence-corrected chi connectivity index (χ3v) is 5.11.